The van der Waals surface area contributed by atoms with Crippen LogP contribution < -0.4 is 10.5 Å². The molecular formula is C10H6F3NO2Se. The first kappa shape index (κ1) is 12.0. The van der Waals surface area contributed by atoms with Gasteiger partial charge in [-0.3, -0.25) is 0 Å². The van der Waals surface area contributed by atoms with E-state index in [9.17, 15) is 18.0 Å². The van der Waals surface area contributed by atoms with Gasteiger partial charge in [-0.2, -0.15) is 0 Å². The van der Waals surface area contributed by atoms with Crippen LogP contribution in [0.4, 0.5) is 13.2 Å². The number of nitrogens with two attached hydrogens (primary N) is 1. The van der Waals surface area contributed by atoms with Gasteiger partial charge in [0, 0.05) is 0 Å². The van der Waals surface area contributed by atoms with Gasteiger partial charge >= 0.3 is 99.3 Å². The molecule has 0 bridgehead atoms. The number of carbonyl (C=O) groups excluding carboxylic acids is 1. The first-order chi connectivity index (χ1) is 7.85. The van der Waals surface area contributed by atoms with Crippen LogP contribution in [0.5, 0.6) is 5.75 Å². The first-order valence-electron chi connectivity index (χ1n) is 4.44. The predicted molar refractivity (Wildman–Crippen MR) is 56.1 cm³/mol. The molecule has 1 amide bonds. The molecule has 17 heavy (non-hydrogen) atoms. The van der Waals surface area contributed by atoms with Gasteiger partial charge in [-0.05, 0) is 0 Å². The number of ether oxygens (including phenoxy) is 1. The number of hydrogen-bond acceptors (Lipinski definition) is 2. The summed E-state index contributed by atoms with van der Waals surface area (Å²) in [6.45, 7) is 0. The summed E-state index contributed by atoms with van der Waals surface area (Å²) >= 11 is -0.238. The second-order valence-corrected chi connectivity index (χ2v) is 5.50. The molecule has 2 rings (SSSR count). The molecule has 0 radical (unpaired) electrons. The Morgan fingerprint density at radius 2 is 2.00 bits per heavy atom. The molecule has 0 aliphatic rings. The maximum atomic E-state index is 12.0. The van der Waals surface area contributed by atoms with Crippen molar-refractivity contribution in [2.45, 2.75) is 6.36 Å². The fraction of sp³-hybridized carbons (Fsp3) is 0.100. The summed E-state index contributed by atoms with van der Waals surface area (Å²) in [5.41, 5.74) is 5.11. The van der Waals surface area contributed by atoms with Crippen molar-refractivity contribution in [2.24, 2.45) is 5.73 Å². The Bertz CT molecular complexity index is 576. The number of hydrogen-bond donors (Lipinski definition) is 1. The molecule has 1 heterocycles. The van der Waals surface area contributed by atoms with Crippen molar-refractivity contribution in [1.82, 2.24) is 0 Å². The molecule has 1 aromatic carbocycles. The van der Waals surface area contributed by atoms with Crippen LogP contribution in [0.2, 0.25) is 0 Å². The molecule has 0 aliphatic carbocycles. The van der Waals surface area contributed by atoms with E-state index in [1.165, 1.54) is 24.3 Å². The Balaban J connectivity index is 2.40. The van der Waals surface area contributed by atoms with E-state index in [-0.39, 0.29) is 20.3 Å². The van der Waals surface area contributed by atoms with Gasteiger partial charge in [-0.25, -0.2) is 0 Å². The Hall–Kier alpha value is -1.46. The number of primary amides is 1. The van der Waals surface area contributed by atoms with E-state index in [1.54, 1.807) is 0 Å². The molecule has 0 spiro atoms. The summed E-state index contributed by atoms with van der Waals surface area (Å²) in [4.78, 5) is 10.9. The predicted octanol–water partition coefficient (Wildman–Crippen LogP) is 1.89. The quantitative estimate of drug-likeness (QED) is 0.862. The monoisotopic (exact) mass is 309 g/mol. The topological polar surface area (TPSA) is 52.3 Å². The second-order valence-electron chi connectivity index (χ2n) is 3.22. The molecule has 3 nitrogen and oxygen atoms in total. The maximum absolute atomic E-state index is 12.0. The summed E-state index contributed by atoms with van der Waals surface area (Å²) in [6, 6.07) is 5.50. The van der Waals surface area contributed by atoms with E-state index in [2.05, 4.69) is 4.74 Å². The minimum absolute atomic E-state index is 0.238. The number of fused-ring (bicyclic) bond motifs is 1. The third-order valence-electron chi connectivity index (χ3n) is 1.96. The zero-order chi connectivity index (χ0) is 12.6. The van der Waals surface area contributed by atoms with Crippen molar-refractivity contribution >= 4 is 30.1 Å². The van der Waals surface area contributed by atoms with E-state index in [0.29, 0.717) is 9.82 Å². The van der Waals surface area contributed by atoms with Crippen LogP contribution in [0.3, 0.4) is 0 Å². The Morgan fingerprint density at radius 3 is 2.59 bits per heavy atom. The van der Waals surface area contributed by atoms with Crippen molar-refractivity contribution in [3.63, 3.8) is 0 Å². The molecule has 0 atom stereocenters. The van der Waals surface area contributed by atoms with Crippen LogP contribution in [0.15, 0.2) is 24.3 Å². The fourth-order valence-electron chi connectivity index (χ4n) is 1.34. The average Bonchev–Trinajstić information content (AvgIpc) is 2.57. The normalized spacial score (nSPS) is 11.7. The molecule has 0 aliphatic heterocycles. The van der Waals surface area contributed by atoms with Crippen LogP contribution in [-0.2, 0) is 0 Å². The van der Waals surface area contributed by atoms with Crippen LogP contribution in [0.1, 0.15) is 9.23 Å². The number of rotatable bonds is 2. The zero-order valence-corrected chi connectivity index (χ0v) is 9.96. The molecule has 0 unspecified atom stereocenters. The van der Waals surface area contributed by atoms with E-state index in [0.717, 1.165) is 4.26 Å². The van der Waals surface area contributed by atoms with E-state index in [1.807, 2.05) is 0 Å². The molecular weight excluding hydrogens is 302 g/mol. The Morgan fingerprint density at radius 1 is 1.29 bits per heavy atom. The van der Waals surface area contributed by atoms with Gasteiger partial charge < -0.3 is 0 Å². The van der Waals surface area contributed by atoms with Crippen LogP contribution >= 0.6 is 0 Å². The average molecular weight is 308 g/mol. The summed E-state index contributed by atoms with van der Waals surface area (Å²) in [6.07, 6.45) is -4.71. The van der Waals surface area contributed by atoms with Crippen molar-refractivity contribution in [3.05, 3.63) is 28.7 Å². The van der Waals surface area contributed by atoms with Gasteiger partial charge in [0.15, 0.2) is 0 Å². The molecule has 90 valence electrons. The summed E-state index contributed by atoms with van der Waals surface area (Å²) < 4.78 is 41.0. The molecule has 0 saturated heterocycles. The molecule has 0 saturated carbocycles. The second kappa shape index (κ2) is 4.09. The van der Waals surface area contributed by atoms with Crippen molar-refractivity contribution in [1.29, 1.82) is 0 Å². The molecule has 1 aromatic heterocycles. The third-order valence-corrected chi connectivity index (χ3v) is 4.34. The number of amides is 1. The van der Waals surface area contributed by atoms with Gasteiger partial charge in [0.05, 0.1) is 0 Å². The summed E-state index contributed by atoms with van der Waals surface area (Å²) in [5.74, 6) is -0.839. The van der Waals surface area contributed by atoms with Gasteiger partial charge in [-0.15, -0.1) is 0 Å². The number of alkyl halides is 3. The van der Waals surface area contributed by atoms with Gasteiger partial charge in [0.1, 0.15) is 0 Å². The fourth-order valence-corrected chi connectivity index (χ4v) is 3.22. The van der Waals surface area contributed by atoms with Gasteiger partial charge in [-0.1, -0.05) is 0 Å². The molecule has 2 aromatic rings. The van der Waals surface area contributed by atoms with Crippen molar-refractivity contribution in [2.75, 3.05) is 0 Å². The van der Waals surface area contributed by atoms with Crippen molar-refractivity contribution in [3.8, 4) is 5.75 Å². The van der Waals surface area contributed by atoms with E-state index < -0.39 is 12.3 Å². The number of halogens is 3. The van der Waals surface area contributed by atoms with Crippen LogP contribution in [-0.4, -0.2) is 26.8 Å². The van der Waals surface area contributed by atoms with E-state index in [4.69, 9.17) is 5.73 Å². The number of benzene rings is 1. The Kier molecular flexibility index (Phi) is 2.89. The third kappa shape index (κ3) is 2.81. The van der Waals surface area contributed by atoms with Crippen LogP contribution in [0.25, 0.3) is 9.65 Å². The number of carbonyl (C=O) groups is 1. The van der Waals surface area contributed by atoms with Gasteiger partial charge in [0.2, 0.25) is 0 Å². The first-order valence-corrected chi connectivity index (χ1v) is 6.15. The minimum atomic E-state index is -4.71. The Labute approximate surface area is 99.7 Å². The summed E-state index contributed by atoms with van der Waals surface area (Å²) in [5, 5.41) is 0.556. The van der Waals surface area contributed by atoms with E-state index >= 15 is 0 Å². The van der Waals surface area contributed by atoms with Crippen LogP contribution in [0, 0.1) is 0 Å². The van der Waals surface area contributed by atoms with Crippen molar-refractivity contribution < 1.29 is 22.7 Å². The standard InChI is InChI=1S/C10H6F3NO2Se/c11-10(12,13)16-6-1-2-7-5(3-6)4-8(17-7)9(14)15/h1-4H,(H2,14,15). The molecule has 2 N–H and O–H groups in total. The SMILES string of the molecule is NC(=O)c1cc2cc(OC(F)(F)F)ccc2[se]1. The van der Waals surface area contributed by atoms with Gasteiger partial charge in [0.25, 0.3) is 0 Å². The molecule has 0 fully saturated rings. The summed E-state index contributed by atoms with van der Waals surface area (Å²) in [7, 11) is 0. The zero-order valence-electron chi connectivity index (χ0n) is 8.25. The molecule has 7 heteroatoms.